The van der Waals surface area contributed by atoms with Crippen molar-refractivity contribution in [3.63, 3.8) is 0 Å². The number of hydrogen-bond acceptors (Lipinski definition) is 6. The van der Waals surface area contributed by atoms with E-state index in [1.54, 1.807) is 45.0 Å². The predicted octanol–water partition coefficient (Wildman–Crippen LogP) is 3.00. The minimum Gasteiger partial charge on any atom is -0.444 e. The number of hydrogen-bond donors (Lipinski definition) is 0. The molecule has 0 bridgehead atoms. The molecule has 8 heteroatoms. The lowest BCUT2D eigenvalue weighted by Crippen LogP contribution is -2.47. The molecule has 1 aromatic carbocycles. The average molecular weight is 366 g/mol. The number of amides is 1. The number of oxazole rings is 1. The molecule has 7 nitrogen and oxygen atoms in total. The summed E-state index contributed by atoms with van der Waals surface area (Å²) in [6.07, 6.45) is 0.550. The molecule has 0 radical (unpaired) electrons. The van der Waals surface area contributed by atoms with Crippen molar-refractivity contribution in [1.82, 2.24) is 9.88 Å². The highest BCUT2D eigenvalue weighted by molar-refractivity contribution is 7.91. The molecule has 136 valence electrons. The van der Waals surface area contributed by atoms with Gasteiger partial charge in [-0.25, -0.2) is 13.2 Å². The summed E-state index contributed by atoms with van der Waals surface area (Å²) in [5, 5.41) is -1.04. The van der Waals surface area contributed by atoms with Gasteiger partial charge in [0.05, 0.1) is 5.25 Å². The van der Waals surface area contributed by atoms with Crippen LogP contribution in [0.2, 0.25) is 0 Å². The minimum atomic E-state index is -3.76. The summed E-state index contributed by atoms with van der Waals surface area (Å²) in [6, 6.07) is 6.90. The number of rotatable bonds is 2. The molecule has 3 rings (SSSR count). The van der Waals surface area contributed by atoms with E-state index in [0.717, 1.165) is 0 Å². The van der Waals surface area contributed by atoms with E-state index < -0.39 is 26.8 Å². The number of carbonyl (C=O) groups is 1. The maximum absolute atomic E-state index is 12.9. The Kier molecular flexibility index (Phi) is 4.49. The number of ether oxygens (including phenoxy) is 1. The highest BCUT2D eigenvalue weighted by Crippen LogP contribution is 2.27. The molecule has 0 aliphatic carbocycles. The lowest BCUT2D eigenvalue weighted by molar-refractivity contribution is 0.0218. The molecular formula is C17H22N2O5S. The van der Waals surface area contributed by atoms with Gasteiger partial charge < -0.3 is 14.1 Å². The number of likely N-dealkylation sites (tertiary alicyclic amines) is 1. The van der Waals surface area contributed by atoms with Crippen LogP contribution in [0.25, 0.3) is 11.1 Å². The molecule has 0 saturated carbocycles. The summed E-state index contributed by atoms with van der Waals surface area (Å²) >= 11 is 0. The Morgan fingerprint density at radius 3 is 2.72 bits per heavy atom. The van der Waals surface area contributed by atoms with Crippen LogP contribution in [0.3, 0.4) is 0 Å². The van der Waals surface area contributed by atoms with Gasteiger partial charge in [-0.15, -0.1) is 0 Å². The molecule has 25 heavy (non-hydrogen) atoms. The third kappa shape index (κ3) is 3.78. The van der Waals surface area contributed by atoms with Crippen molar-refractivity contribution in [3.05, 3.63) is 24.3 Å². The molecular weight excluding hydrogens is 344 g/mol. The second-order valence-electron chi connectivity index (χ2n) is 7.18. The maximum atomic E-state index is 12.9. The number of benzene rings is 1. The number of fused-ring (bicyclic) bond motifs is 1. The standard InChI is InChI=1S/C17H22N2O5S/c1-17(2,3)24-16(20)19-10-6-7-12(11-19)25(21,22)15-18-13-8-4-5-9-14(13)23-15/h4-5,8-9,12H,6-7,10-11H2,1-3H3. The van der Waals surface area contributed by atoms with Crippen LogP contribution in [0.4, 0.5) is 4.79 Å². The van der Waals surface area contributed by atoms with Gasteiger partial charge in [0.25, 0.3) is 0 Å². The zero-order chi connectivity index (χ0) is 18.2. The van der Waals surface area contributed by atoms with Gasteiger partial charge in [0, 0.05) is 13.1 Å². The van der Waals surface area contributed by atoms with E-state index in [9.17, 15) is 13.2 Å². The van der Waals surface area contributed by atoms with Crippen LogP contribution in [0.5, 0.6) is 0 Å². The Balaban J connectivity index is 1.81. The van der Waals surface area contributed by atoms with Gasteiger partial charge in [0.15, 0.2) is 5.58 Å². The summed E-state index contributed by atoms with van der Waals surface area (Å²) in [5.41, 5.74) is 0.310. The first-order chi connectivity index (χ1) is 11.7. The number of nitrogens with zero attached hydrogens (tertiary/aromatic N) is 2. The third-order valence-corrected chi connectivity index (χ3v) is 5.91. The fraction of sp³-hybridized carbons (Fsp3) is 0.529. The molecule has 1 aliphatic heterocycles. The number of carbonyl (C=O) groups excluding carboxylic acids is 1. The summed E-state index contributed by atoms with van der Waals surface area (Å²) in [5.74, 6) is 0. The maximum Gasteiger partial charge on any atom is 0.410 e. The monoisotopic (exact) mass is 366 g/mol. The van der Waals surface area contributed by atoms with E-state index in [1.807, 2.05) is 0 Å². The molecule has 2 heterocycles. The van der Waals surface area contributed by atoms with E-state index in [0.29, 0.717) is 30.5 Å². The Labute approximate surface area is 146 Å². The highest BCUT2D eigenvalue weighted by atomic mass is 32.2. The van der Waals surface area contributed by atoms with Gasteiger partial charge >= 0.3 is 11.3 Å². The normalized spacial score (nSPS) is 19.2. The molecule has 1 fully saturated rings. The summed E-state index contributed by atoms with van der Waals surface area (Å²) < 4.78 is 36.5. The number of para-hydroxylation sites is 2. The van der Waals surface area contributed by atoms with Gasteiger partial charge in [0.1, 0.15) is 11.1 Å². The second kappa shape index (κ2) is 6.33. The fourth-order valence-corrected chi connectivity index (χ4v) is 4.37. The first-order valence-electron chi connectivity index (χ1n) is 8.24. The average Bonchev–Trinajstić information content (AvgIpc) is 2.98. The lowest BCUT2D eigenvalue weighted by atomic mass is 10.1. The predicted molar refractivity (Wildman–Crippen MR) is 92.0 cm³/mol. The lowest BCUT2D eigenvalue weighted by Gasteiger charge is -2.33. The zero-order valence-electron chi connectivity index (χ0n) is 14.6. The van der Waals surface area contributed by atoms with Crippen molar-refractivity contribution >= 4 is 27.0 Å². The Bertz CT molecular complexity index is 849. The first-order valence-corrected chi connectivity index (χ1v) is 9.79. The van der Waals surface area contributed by atoms with Crippen LogP contribution in [-0.4, -0.2) is 48.3 Å². The van der Waals surface area contributed by atoms with Gasteiger partial charge in [-0.05, 0) is 45.7 Å². The fourth-order valence-electron chi connectivity index (χ4n) is 2.80. The molecule has 1 saturated heterocycles. The third-order valence-electron chi connectivity index (χ3n) is 3.99. The molecule has 0 N–H and O–H groups in total. The van der Waals surface area contributed by atoms with Gasteiger partial charge in [-0.2, -0.15) is 4.98 Å². The molecule has 1 aliphatic rings. The molecule has 2 aromatic rings. The van der Waals surface area contributed by atoms with E-state index >= 15 is 0 Å². The highest BCUT2D eigenvalue weighted by Gasteiger charge is 2.38. The van der Waals surface area contributed by atoms with E-state index in [1.165, 1.54) is 4.90 Å². The van der Waals surface area contributed by atoms with Crippen LogP contribution in [-0.2, 0) is 14.6 Å². The van der Waals surface area contributed by atoms with E-state index in [-0.39, 0.29) is 11.8 Å². The molecule has 0 spiro atoms. The van der Waals surface area contributed by atoms with Crippen molar-refractivity contribution in [2.75, 3.05) is 13.1 Å². The Morgan fingerprint density at radius 1 is 1.32 bits per heavy atom. The summed E-state index contributed by atoms with van der Waals surface area (Å²) in [7, 11) is -3.76. The van der Waals surface area contributed by atoms with Crippen molar-refractivity contribution in [1.29, 1.82) is 0 Å². The smallest absolute Gasteiger partial charge is 0.410 e. The van der Waals surface area contributed by atoms with Gasteiger partial charge in [-0.1, -0.05) is 12.1 Å². The summed E-state index contributed by atoms with van der Waals surface area (Å²) in [4.78, 5) is 17.8. The van der Waals surface area contributed by atoms with Crippen LogP contribution in [0.1, 0.15) is 33.6 Å². The van der Waals surface area contributed by atoms with Crippen molar-refractivity contribution < 1.29 is 22.4 Å². The molecule has 1 atom stereocenters. The molecule has 1 aromatic heterocycles. The first kappa shape index (κ1) is 17.7. The SMILES string of the molecule is CC(C)(C)OC(=O)N1CCCC(S(=O)(=O)c2nc3ccccc3o2)C1. The van der Waals surface area contributed by atoms with E-state index in [4.69, 9.17) is 9.15 Å². The quantitative estimate of drug-likeness (QED) is 0.812. The minimum absolute atomic E-state index is 0.0793. The number of aromatic nitrogens is 1. The zero-order valence-corrected chi connectivity index (χ0v) is 15.4. The van der Waals surface area contributed by atoms with Crippen molar-refractivity contribution in [3.8, 4) is 0 Å². The topological polar surface area (TPSA) is 89.7 Å². The largest absolute Gasteiger partial charge is 0.444 e. The van der Waals surface area contributed by atoms with E-state index in [2.05, 4.69) is 4.98 Å². The number of piperidine rings is 1. The van der Waals surface area contributed by atoms with Crippen molar-refractivity contribution in [2.45, 2.75) is 49.7 Å². The van der Waals surface area contributed by atoms with Crippen LogP contribution >= 0.6 is 0 Å². The van der Waals surface area contributed by atoms with Crippen LogP contribution in [0.15, 0.2) is 33.9 Å². The second-order valence-corrected chi connectivity index (χ2v) is 9.29. The Hall–Kier alpha value is -2.09. The van der Waals surface area contributed by atoms with Crippen LogP contribution < -0.4 is 0 Å². The number of sulfone groups is 1. The van der Waals surface area contributed by atoms with Crippen molar-refractivity contribution in [2.24, 2.45) is 0 Å². The molecule has 1 unspecified atom stereocenters. The summed E-state index contributed by atoms with van der Waals surface area (Å²) in [6.45, 7) is 5.90. The van der Waals surface area contributed by atoms with Gasteiger partial charge in [-0.3, -0.25) is 0 Å². The van der Waals surface area contributed by atoms with Gasteiger partial charge in [0.2, 0.25) is 9.84 Å². The Morgan fingerprint density at radius 2 is 2.04 bits per heavy atom. The van der Waals surface area contributed by atoms with Crippen LogP contribution in [0, 0.1) is 0 Å². The molecule has 1 amide bonds.